The number of benzene rings is 1. The predicted molar refractivity (Wildman–Crippen MR) is 113 cm³/mol. The average Bonchev–Trinajstić information content (AvgIpc) is 3.32. The maximum absolute atomic E-state index is 12.7. The molecule has 0 radical (unpaired) electrons. The number of hydrogen-bond donors (Lipinski definition) is 0. The highest BCUT2D eigenvalue weighted by Gasteiger charge is 2.16. The zero-order valence-electron chi connectivity index (χ0n) is 16.5. The van der Waals surface area contributed by atoms with Crippen LogP contribution >= 0.6 is 11.3 Å². The molecule has 0 aliphatic heterocycles. The molecule has 0 spiro atoms. The van der Waals surface area contributed by atoms with E-state index < -0.39 is 0 Å². The highest BCUT2D eigenvalue weighted by Crippen LogP contribution is 2.19. The fourth-order valence-corrected chi connectivity index (χ4v) is 3.97. The van der Waals surface area contributed by atoms with Gasteiger partial charge in [-0.25, -0.2) is 0 Å². The minimum atomic E-state index is -0.0378. The van der Waals surface area contributed by atoms with Crippen LogP contribution in [0.25, 0.3) is 0 Å². The molecule has 0 unspecified atom stereocenters. The number of Topliss-reactive ketones (excluding diaryl/α,β-unsaturated/α-hetero) is 2. The third-order valence-corrected chi connectivity index (χ3v) is 5.84. The highest BCUT2D eigenvalue weighted by molar-refractivity contribution is 7.09. The van der Waals surface area contributed by atoms with E-state index in [1.54, 1.807) is 35.6 Å². The molecule has 4 nitrogen and oxygen atoms in total. The highest BCUT2D eigenvalue weighted by atomic mass is 32.1. The van der Waals surface area contributed by atoms with Crippen molar-refractivity contribution in [2.45, 2.75) is 40.2 Å². The lowest BCUT2D eigenvalue weighted by Gasteiger charge is -2.09. The van der Waals surface area contributed by atoms with E-state index in [2.05, 4.69) is 22.1 Å². The van der Waals surface area contributed by atoms with Crippen LogP contribution in [-0.4, -0.2) is 22.7 Å². The van der Waals surface area contributed by atoms with Gasteiger partial charge in [-0.3, -0.25) is 9.59 Å². The molecular formula is C23H25NO3S. The zero-order valence-corrected chi connectivity index (χ0v) is 17.3. The van der Waals surface area contributed by atoms with Crippen molar-refractivity contribution >= 4 is 22.9 Å². The van der Waals surface area contributed by atoms with Crippen LogP contribution in [0.1, 0.15) is 50.3 Å². The number of carbonyl (C=O) groups is 2. The summed E-state index contributed by atoms with van der Waals surface area (Å²) in [5.41, 5.74) is 3.43. The lowest BCUT2D eigenvalue weighted by Crippen LogP contribution is -2.13. The molecule has 5 heteroatoms. The van der Waals surface area contributed by atoms with Crippen molar-refractivity contribution in [3.8, 4) is 5.75 Å². The first-order chi connectivity index (χ1) is 13.5. The van der Waals surface area contributed by atoms with E-state index in [9.17, 15) is 9.59 Å². The summed E-state index contributed by atoms with van der Waals surface area (Å²) in [6.45, 7) is 6.69. The lowest BCUT2D eigenvalue weighted by molar-refractivity contribution is 0.0919. The van der Waals surface area contributed by atoms with Crippen molar-refractivity contribution in [1.29, 1.82) is 0 Å². The summed E-state index contributed by atoms with van der Waals surface area (Å²) in [6.07, 6.45) is 1.43. The summed E-state index contributed by atoms with van der Waals surface area (Å²) in [5, 5.41) is 2.09. The molecule has 1 aromatic carbocycles. The maximum atomic E-state index is 12.7. The molecule has 0 atom stereocenters. The van der Waals surface area contributed by atoms with E-state index >= 15 is 0 Å². The van der Waals surface area contributed by atoms with Gasteiger partial charge in [-0.1, -0.05) is 13.0 Å². The first kappa shape index (κ1) is 20.1. The molecule has 28 heavy (non-hydrogen) atoms. The van der Waals surface area contributed by atoms with Crippen molar-refractivity contribution < 1.29 is 14.3 Å². The van der Waals surface area contributed by atoms with Gasteiger partial charge in [0.2, 0.25) is 5.78 Å². The summed E-state index contributed by atoms with van der Waals surface area (Å²) in [6, 6.07) is 13.1. The molecule has 0 saturated carbocycles. The zero-order chi connectivity index (χ0) is 20.1. The Kier molecular flexibility index (Phi) is 6.47. The number of hydrogen-bond acceptors (Lipinski definition) is 4. The second-order valence-electron chi connectivity index (χ2n) is 6.78. The molecule has 0 amide bonds. The molecule has 0 bridgehead atoms. The van der Waals surface area contributed by atoms with E-state index in [1.165, 1.54) is 4.88 Å². The van der Waals surface area contributed by atoms with Crippen LogP contribution in [0, 0.1) is 13.8 Å². The van der Waals surface area contributed by atoms with Crippen LogP contribution in [-0.2, 0) is 13.0 Å². The van der Waals surface area contributed by atoms with Gasteiger partial charge in [0.15, 0.2) is 12.4 Å². The topological polar surface area (TPSA) is 48.3 Å². The minimum absolute atomic E-state index is 0.0176. The molecule has 2 aromatic heterocycles. The standard InChI is InChI=1S/C23H25NO3S/c1-4-22(25)18-7-9-19(10-8-18)27-15-23(26)21-14-16(2)24(17(21)3)12-11-20-6-5-13-28-20/h5-10,13-14H,4,11-12,15H2,1-3H3. The van der Waals surface area contributed by atoms with Crippen LogP contribution < -0.4 is 4.74 Å². The predicted octanol–water partition coefficient (Wildman–Crippen LogP) is 5.26. The molecule has 146 valence electrons. The first-order valence-corrected chi connectivity index (χ1v) is 10.4. The van der Waals surface area contributed by atoms with Gasteiger partial charge in [0, 0.05) is 40.4 Å². The third kappa shape index (κ3) is 4.60. The van der Waals surface area contributed by atoms with Crippen LogP contribution in [0.5, 0.6) is 5.75 Å². The van der Waals surface area contributed by atoms with E-state index in [-0.39, 0.29) is 18.2 Å². The third-order valence-electron chi connectivity index (χ3n) is 4.90. The molecule has 0 aliphatic carbocycles. The van der Waals surface area contributed by atoms with E-state index in [4.69, 9.17) is 4.74 Å². The second kappa shape index (κ2) is 9.02. The van der Waals surface area contributed by atoms with Crippen molar-refractivity contribution in [3.63, 3.8) is 0 Å². The average molecular weight is 396 g/mol. The Hall–Kier alpha value is -2.66. The lowest BCUT2D eigenvalue weighted by atomic mass is 10.1. The van der Waals surface area contributed by atoms with Crippen molar-refractivity contribution in [2.24, 2.45) is 0 Å². The molecular weight excluding hydrogens is 370 g/mol. The van der Waals surface area contributed by atoms with Crippen molar-refractivity contribution in [3.05, 3.63) is 75.2 Å². The number of carbonyl (C=O) groups excluding carboxylic acids is 2. The first-order valence-electron chi connectivity index (χ1n) is 9.48. The Morgan fingerprint density at radius 2 is 1.82 bits per heavy atom. The molecule has 0 N–H and O–H groups in total. The number of aromatic nitrogens is 1. The van der Waals surface area contributed by atoms with Gasteiger partial charge in [0.1, 0.15) is 5.75 Å². The van der Waals surface area contributed by atoms with Crippen LogP contribution in [0.3, 0.4) is 0 Å². The fourth-order valence-electron chi connectivity index (χ4n) is 3.27. The summed E-state index contributed by atoms with van der Waals surface area (Å²) in [7, 11) is 0. The Morgan fingerprint density at radius 1 is 1.07 bits per heavy atom. The van der Waals surface area contributed by atoms with Gasteiger partial charge in [-0.2, -0.15) is 0 Å². The Bertz CT molecular complexity index is 953. The van der Waals surface area contributed by atoms with E-state index in [1.807, 2.05) is 26.8 Å². The molecule has 0 aliphatic rings. The van der Waals surface area contributed by atoms with Crippen molar-refractivity contribution in [2.75, 3.05) is 6.61 Å². The SMILES string of the molecule is CCC(=O)c1ccc(OCC(=O)c2cc(C)n(CCc3cccs3)c2C)cc1. The number of thiophene rings is 1. The Balaban J connectivity index is 1.62. The van der Waals surface area contributed by atoms with Gasteiger partial charge >= 0.3 is 0 Å². The molecule has 2 heterocycles. The summed E-state index contributed by atoms with van der Waals surface area (Å²) >= 11 is 1.76. The molecule has 3 rings (SSSR count). The molecule has 3 aromatic rings. The monoisotopic (exact) mass is 395 g/mol. The van der Waals surface area contributed by atoms with Crippen LogP contribution in [0.4, 0.5) is 0 Å². The van der Waals surface area contributed by atoms with Crippen molar-refractivity contribution in [1.82, 2.24) is 4.57 Å². The summed E-state index contributed by atoms with van der Waals surface area (Å²) in [4.78, 5) is 25.7. The van der Waals surface area contributed by atoms with Crippen LogP contribution in [0.15, 0.2) is 47.8 Å². The summed E-state index contributed by atoms with van der Waals surface area (Å²) < 4.78 is 7.84. The smallest absolute Gasteiger partial charge is 0.202 e. The van der Waals surface area contributed by atoms with Gasteiger partial charge < -0.3 is 9.30 Å². The van der Waals surface area contributed by atoms with Crippen LogP contribution in [0.2, 0.25) is 0 Å². The Labute approximate surface area is 169 Å². The number of rotatable bonds is 9. The minimum Gasteiger partial charge on any atom is -0.485 e. The quantitative estimate of drug-likeness (QED) is 0.464. The van der Waals surface area contributed by atoms with Gasteiger partial charge in [0.05, 0.1) is 0 Å². The number of ketones is 2. The normalized spacial score (nSPS) is 10.8. The number of ether oxygens (including phenoxy) is 1. The van der Waals surface area contributed by atoms with Gasteiger partial charge in [-0.05, 0) is 62.0 Å². The fraction of sp³-hybridized carbons (Fsp3) is 0.304. The number of aryl methyl sites for hydroxylation is 2. The second-order valence-corrected chi connectivity index (χ2v) is 7.81. The van der Waals surface area contributed by atoms with Gasteiger partial charge in [-0.15, -0.1) is 11.3 Å². The van der Waals surface area contributed by atoms with Gasteiger partial charge in [0.25, 0.3) is 0 Å². The summed E-state index contributed by atoms with van der Waals surface area (Å²) in [5.74, 6) is 0.648. The molecule has 0 saturated heterocycles. The van der Waals surface area contributed by atoms with E-state index in [0.29, 0.717) is 23.3 Å². The molecule has 0 fully saturated rings. The maximum Gasteiger partial charge on any atom is 0.202 e. The number of nitrogens with zero attached hydrogens (tertiary/aromatic N) is 1. The Morgan fingerprint density at radius 3 is 2.46 bits per heavy atom. The van der Waals surface area contributed by atoms with E-state index in [0.717, 1.165) is 24.4 Å². The largest absolute Gasteiger partial charge is 0.485 e.